The number of carbonyl (C=O) groups excluding carboxylic acids is 2. The summed E-state index contributed by atoms with van der Waals surface area (Å²) in [5.41, 5.74) is 7.05. The van der Waals surface area contributed by atoms with Crippen molar-refractivity contribution in [2.75, 3.05) is 5.32 Å². The Balaban J connectivity index is 1.70. The average Bonchev–Trinajstić information content (AvgIpc) is 2.83. The molecule has 0 aliphatic heterocycles. The van der Waals surface area contributed by atoms with Gasteiger partial charge in [-0.2, -0.15) is 0 Å². The van der Waals surface area contributed by atoms with Crippen LogP contribution in [0, 0.1) is 0 Å². The number of amides is 2. The van der Waals surface area contributed by atoms with Crippen molar-refractivity contribution in [2.24, 2.45) is 5.73 Å². The van der Waals surface area contributed by atoms with Crippen LogP contribution in [-0.4, -0.2) is 16.4 Å². The van der Waals surface area contributed by atoms with Crippen molar-refractivity contribution in [3.8, 4) is 0 Å². The second kappa shape index (κ2) is 9.71. The second-order valence-corrected chi connectivity index (χ2v) is 8.71. The summed E-state index contributed by atoms with van der Waals surface area (Å²) in [6, 6.07) is 19.7. The normalized spacial score (nSPS) is 12.8. The van der Waals surface area contributed by atoms with E-state index in [9.17, 15) is 14.4 Å². The lowest BCUT2D eigenvalue weighted by atomic mass is 10.00. The van der Waals surface area contributed by atoms with Crippen LogP contribution >= 0.6 is 23.2 Å². The number of nitrogens with zero attached hydrogens (tertiary/aromatic N) is 1. The molecular formula is C26H21Cl2N3O3. The fraction of sp³-hybridized carbons (Fsp3) is 0.115. The fourth-order valence-corrected chi connectivity index (χ4v) is 4.18. The Hall–Kier alpha value is -3.61. The molecule has 34 heavy (non-hydrogen) atoms. The second-order valence-electron chi connectivity index (χ2n) is 7.90. The smallest absolute Gasteiger partial charge is 0.259 e. The molecule has 3 aromatic carbocycles. The minimum Gasteiger partial charge on any atom is -0.368 e. The number of halogens is 2. The zero-order valence-electron chi connectivity index (χ0n) is 18.2. The average molecular weight is 494 g/mol. The molecule has 8 heteroatoms. The maximum absolute atomic E-state index is 13.3. The third-order valence-corrected chi connectivity index (χ3v) is 6.47. The van der Waals surface area contributed by atoms with Gasteiger partial charge in [0.25, 0.3) is 5.56 Å². The van der Waals surface area contributed by atoms with Gasteiger partial charge in [0.15, 0.2) is 0 Å². The van der Waals surface area contributed by atoms with E-state index in [0.717, 1.165) is 0 Å². The first-order valence-electron chi connectivity index (χ1n) is 10.5. The molecule has 0 spiro atoms. The maximum Gasteiger partial charge on any atom is 0.259 e. The van der Waals surface area contributed by atoms with Crippen LogP contribution in [0.15, 0.2) is 83.8 Å². The molecule has 0 fully saturated rings. The standard InChI is InChI=1S/C26H21Cl2N3O3/c1-15(17-10-11-20(27)21(28)14-17)25(33)30-22-9-5-8-19-18(22)12-13-31(26(19)34)23(24(29)32)16-6-3-2-4-7-16/h2-15,23H,1H3,(H2,29,32)(H,30,33)/t15?,23-/m1/s1. The summed E-state index contributed by atoms with van der Waals surface area (Å²) in [5.74, 6) is -1.43. The molecule has 6 nitrogen and oxygen atoms in total. The number of aromatic nitrogens is 1. The van der Waals surface area contributed by atoms with Gasteiger partial charge in [0.1, 0.15) is 6.04 Å². The van der Waals surface area contributed by atoms with Gasteiger partial charge in [0, 0.05) is 22.7 Å². The molecule has 0 aliphatic carbocycles. The number of nitrogens with two attached hydrogens (primary N) is 1. The molecule has 4 rings (SSSR count). The number of hydrogen-bond donors (Lipinski definition) is 2. The van der Waals surface area contributed by atoms with Gasteiger partial charge in [0.2, 0.25) is 11.8 Å². The van der Waals surface area contributed by atoms with E-state index in [2.05, 4.69) is 5.32 Å². The first kappa shape index (κ1) is 23.5. The van der Waals surface area contributed by atoms with Crippen LogP contribution in [0.2, 0.25) is 10.0 Å². The largest absolute Gasteiger partial charge is 0.368 e. The molecule has 0 saturated carbocycles. The lowest BCUT2D eigenvalue weighted by Gasteiger charge is -2.19. The Morgan fingerprint density at radius 2 is 1.62 bits per heavy atom. The Labute approximate surface area is 205 Å². The summed E-state index contributed by atoms with van der Waals surface area (Å²) in [6.45, 7) is 1.75. The van der Waals surface area contributed by atoms with Crippen molar-refractivity contribution in [1.29, 1.82) is 0 Å². The molecule has 1 unspecified atom stereocenters. The van der Waals surface area contributed by atoms with Crippen LogP contribution in [0.1, 0.15) is 30.0 Å². The highest BCUT2D eigenvalue weighted by atomic mass is 35.5. The van der Waals surface area contributed by atoms with Crippen LogP contribution in [0.5, 0.6) is 0 Å². The molecule has 3 N–H and O–H groups in total. The van der Waals surface area contributed by atoms with E-state index in [0.29, 0.717) is 37.6 Å². The quantitative estimate of drug-likeness (QED) is 0.389. The molecule has 0 radical (unpaired) electrons. The van der Waals surface area contributed by atoms with Crippen LogP contribution in [0.3, 0.4) is 0 Å². The number of pyridine rings is 1. The highest BCUT2D eigenvalue weighted by molar-refractivity contribution is 6.42. The highest BCUT2D eigenvalue weighted by Gasteiger charge is 2.23. The van der Waals surface area contributed by atoms with Crippen molar-refractivity contribution in [3.63, 3.8) is 0 Å². The SMILES string of the molecule is CC(C(=O)Nc1cccc2c(=O)n([C@@H](C(N)=O)c3ccccc3)ccc12)c1ccc(Cl)c(Cl)c1. The van der Waals surface area contributed by atoms with E-state index >= 15 is 0 Å². The number of nitrogens with one attached hydrogen (secondary N) is 1. The number of hydrogen-bond acceptors (Lipinski definition) is 3. The van der Waals surface area contributed by atoms with Crippen LogP contribution in [0.4, 0.5) is 5.69 Å². The van der Waals surface area contributed by atoms with Gasteiger partial charge in [-0.1, -0.05) is 65.7 Å². The van der Waals surface area contributed by atoms with Crippen molar-refractivity contribution in [3.05, 3.63) is 111 Å². The Bertz CT molecular complexity index is 1450. The van der Waals surface area contributed by atoms with E-state index in [4.69, 9.17) is 28.9 Å². The Kier molecular flexibility index (Phi) is 6.72. The maximum atomic E-state index is 13.3. The fourth-order valence-electron chi connectivity index (χ4n) is 3.88. The summed E-state index contributed by atoms with van der Waals surface area (Å²) in [4.78, 5) is 38.5. The summed E-state index contributed by atoms with van der Waals surface area (Å²) in [6.07, 6.45) is 1.52. The third kappa shape index (κ3) is 4.55. The van der Waals surface area contributed by atoms with E-state index < -0.39 is 23.4 Å². The van der Waals surface area contributed by atoms with E-state index in [1.54, 1.807) is 73.7 Å². The third-order valence-electron chi connectivity index (χ3n) is 5.73. The Morgan fingerprint density at radius 3 is 2.29 bits per heavy atom. The van der Waals surface area contributed by atoms with Gasteiger partial charge in [0.05, 0.1) is 16.0 Å². The summed E-state index contributed by atoms with van der Waals surface area (Å²) in [7, 11) is 0. The molecule has 0 bridgehead atoms. The van der Waals surface area contributed by atoms with E-state index in [-0.39, 0.29) is 5.91 Å². The predicted molar refractivity (Wildman–Crippen MR) is 135 cm³/mol. The predicted octanol–water partition coefficient (Wildman–Crippen LogP) is 5.13. The molecule has 172 valence electrons. The zero-order valence-corrected chi connectivity index (χ0v) is 19.7. The topological polar surface area (TPSA) is 94.2 Å². The monoisotopic (exact) mass is 493 g/mol. The van der Waals surface area contributed by atoms with Gasteiger partial charge in [-0.15, -0.1) is 0 Å². The Morgan fingerprint density at radius 1 is 0.882 bits per heavy atom. The first-order valence-corrected chi connectivity index (χ1v) is 11.3. The number of carbonyl (C=O) groups is 2. The summed E-state index contributed by atoms with van der Waals surface area (Å²) in [5, 5.41) is 4.57. The lowest BCUT2D eigenvalue weighted by molar-refractivity contribution is -0.120. The van der Waals surface area contributed by atoms with Crippen molar-refractivity contribution >= 4 is 51.5 Å². The highest BCUT2D eigenvalue weighted by Crippen LogP contribution is 2.28. The van der Waals surface area contributed by atoms with Gasteiger partial charge < -0.3 is 11.1 Å². The van der Waals surface area contributed by atoms with Gasteiger partial charge in [-0.3, -0.25) is 19.0 Å². The van der Waals surface area contributed by atoms with Gasteiger partial charge >= 0.3 is 0 Å². The number of primary amides is 1. The van der Waals surface area contributed by atoms with Crippen LogP contribution in [0.25, 0.3) is 10.8 Å². The molecule has 4 aromatic rings. The zero-order chi connectivity index (χ0) is 24.4. The number of fused-ring (bicyclic) bond motifs is 1. The van der Waals surface area contributed by atoms with Crippen molar-refractivity contribution in [2.45, 2.75) is 18.9 Å². The summed E-state index contributed by atoms with van der Waals surface area (Å²) < 4.78 is 1.31. The molecule has 1 heterocycles. The molecule has 0 saturated heterocycles. The molecule has 0 aliphatic rings. The summed E-state index contributed by atoms with van der Waals surface area (Å²) >= 11 is 12.1. The first-order chi connectivity index (χ1) is 16.3. The molecular weight excluding hydrogens is 473 g/mol. The van der Waals surface area contributed by atoms with E-state index in [1.165, 1.54) is 10.8 Å². The van der Waals surface area contributed by atoms with Crippen LogP contribution < -0.4 is 16.6 Å². The molecule has 2 amide bonds. The minimum absolute atomic E-state index is 0.269. The number of anilines is 1. The van der Waals surface area contributed by atoms with Crippen molar-refractivity contribution < 1.29 is 9.59 Å². The number of benzene rings is 3. The van der Waals surface area contributed by atoms with Gasteiger partial charge in [-0.05, 0) is 48.4 Å². The molecule has 1 aromatic heterocycles. The van der Waals surface area contributed by atoms with E-state index in [1.807, 2.05) is 6.07 Å². The number of rotatable bonds is 6. The van der Waals surface area contributed by atoms with Crippen molar-refractivity contribution in [1.82, 2.24) is 4.57 Å². The van der Waals surface area contributed by atoms with Gasteiger partial charge in [-0.25, -0.2) is 0 Å². The minimum atomic E-state index is -0.953. The lowest BCUT2D eigenvalue weighted by Crippen LogP contribution is -2.34. The molecule has 2 atom stereocenters. The van der Waals surface area contributed by atoms with Crippen LogP contribution in [-0.2, 0) is 9.59 Å².